The van der Waals surface area contributed by atoms with Crippen LogP contribution in [-0.4, -0.2) is 33.4 Å². The number of nitrogens with one attached hydrogen (secondary N) is 1. The first-order chi connectivity index (χ1) is 12.5. The number of aromatic nitrogens is 2. The van der Waals surface area contributed by atoms with Crippen LogP contribution in [0.4, 0.5) is 11.5 Å². The number of aryl methyl sites for hydroxylation is 1. The zero-order valence-electron chi connectivity index (χ0n) is 15.5. The fraction of sp³-hybridized carbons (Fsp3) is 0.421. The van der Waals surface area contributed by atoms with Crippen molar-refractivity contribution in [2.75, 3.05) is 18.4 Å². The van der Waals surface area contributed by atoms with Crippen molar-refractivity contribution in [2.24, 2.45) is 7.05 Å². The molecule has 0 fully saturated rings. The van der Waals surface area contributed by atoms with Gasteiger partial charge in [0.25, 0.3) is 11.5 Å². The smallest absolute Gasteiger partial charge is 0.274 e. The molecule has 1 N–H and O–H groups in total. The van der Waals surface area contributed by atoms with Gasteiger partial charge in [0, 0.05) is 37.0 Å². The summed E-state index contributed by atoms with van der Waals surface area (Å²) in [5, 5.41) is 3.01. The van der Waals surface area contributed by atoms with Gasteiger partial charge in [-0.1, -0.05) is 20.3 Å². The Morgan fingerprint density at radius 1 is 1.27 bits per heavy atom. The summed E-state index contributed by atoms with van der Waals surface area (Å²) in [6, 6.07) is 5.17. The first-order valence-corrected chi connectivity index (χ1v) is 9.64. The van der Waals surface area contributed by atoms with Crippen molar-refractivity contribution >= 4 is 33.3 Å². The molecule has 0 atom stereocenters. The normalized spacial score (nSPS) is 10.6. The van der Waals surface area contributed by atoms with Gasteiger partial charge in [0.05, 0.1) is 5.56 Å². The fourth-order valence-corrected chi connectivity index (χ4v) is 3.14. The summed E-state index contributed by atoms with van der Waals surface area (Å²) in [6.45, 7) is 5.68. The molecule has 1 amide bonds. The summed E-state index contributed by atoms with van der Waals surface area (Å²) in [6.07, 6.45) is 6.22. The highest BCUT2D eigenvalue weighted by Crippen LogP contribution is 2.16. The molecule has 0 aliphatic heterocycles. The maximum absolute atomic E-state index is 12.7. The predicted molar refractivity (Wildman–Crippen MR) is 108 cm³/mol. The van der Waals surface area contributed by atoms with Crippen molar-refractivity contribution in [1.29, 1.82) is 0 Å². The Bertz CT molecular complexity index is 802. The highest BCUT2D eigenvalue weighted by molar-refractivity contribution is 9.10. The summed E-state index contributed by atoms with van der Waals surface area (Å²) < 4.78 is 2.28. The average Bonchev–Trinajstić information content (AvgIpc) is 2.63. The molecule has 0 radical (unpaired) electrons. The summed E-state index contributed by atoms with van der Waals surface area (Å²) in [5.74, 6) is 0.519. The predicted octanol–water partition coefficient (Wildman–Crippen LogP) is 3.94. The molecule has 0 unspecified atom stereocenters. The maximum atomic E-state index is 12.7. The second kappa shape index (κ2) is 9.52. The number of rotatable bonds is 8. The van der Waals surface area contributed by atoms with E-state index in [1.165, 1.54) is 4.57 Å². The van der Waals surface area contributed by atoms with E-state index in [2.05, 4.69) is 40.1 Å². The third kappa shape index (κ3) is 5.17. The van der Waals surface area contributed by atoms with Crippen molar-refractivity contribution in [2.45, 2.75) is 33.1 Å². The van der Waals surface area contributed by atoms with Gasteiger partial charge in [-0.2, -0.15) is 0 Å². The Morgan fingerprint density at radius 2 is 2.04 bits per heavy atom. The largest absolute Gasteiger partial charge is 0.339 e. The zero-order chi connectivity index (χ0) is 19.1. The molecule has 6 nitrogen and oxygen atoms in total. The third-order valence-electron chi connectivity index (χ3n) is 3.99. The summed E-state index contributed by atoms with van der Waals surface area (Å²) in [7, 11) is 1.69. The van der Waals surface area contributed by atoms with Gasteiger partial charge in [-0.3, -0.25) is 9.59 Å². The van der Waals surface area contributed by atoms with Crippen LogP contribution < -0.4 is 10.9 Å². The Morgan fingerprint density at radius 3 is 2.65 bits per heavy atom. The standard InChI is InChI=1S/C19H25BrN4O2/c1-4-6-10-24(9-5-2)18(25)14-7-8-17(21-12-14)22-16-11-15(20)13-23(3)19(16)26/h7-8,11-13H,4-6,9-10H2,1-3H3,(H,21,22). The lowest BCUT2D eigenvalue weighted by Crippen LogP contribution is -2.32. The molecule has 0 saturated heterocycles. The topological polar surface area (TPSA) is 67.2 Å². The van der Waals surface area contributed by atoms with Crippen LogP contribution in [0.2, 0.25) is 0 Å². The molecule has 7 heteroatoms. The minimum atomic E-state index is -0.149. The molecular weight excluding hydrogens is 396 g/mol. The van der Waals surface area contributed by atoms with E-state index in [0.717, 1.165) is 36.8 Å². The summed E-state index contributed by atoms with van der Waals surface area (Å²) >= 11 is 3.37. The van der Waals surface area contributed by atoms with E-state index in [-0.39, 0.29) is 11.5 Å². The summed E-state index contributed by atoms with van der Waals surface area (Å²) in [5.41, 5.74) is 0.829. The van der Waals surface area contributed by atoms with E-state index >= 15 is 0 Å². The Hall–Kier alpha value is -2.15. The van der Waals surface area contributed by atoms with Crippen LogP contribution in [0.3, 0.4) is 0 Å². The van der Waals surface area contributed by atoms with Gasteiger partial charge in [0.15, 0.2) is 0 Å². The van der Waals surface area contributed by atoms with Gasteiger partial charge in [-0.25, -0.2) is 4.98 Å². The Balaban J connectivity index is 2.15. The molecule has 2 aromatic rings. The van der Waals surface area contributed by atoms with E-state index in [1.807, 2.05) is 4.90 Å². The molecule has 0 bridgehead atoms. The molecule has 0 aliphatic carbocycles. The molecule has 26 heavy (non-hydrogen) atoms. The molecule has 2 aromatic heterocycles. The molecule has 0 saturated carbocycles. The number of amides is 1. The number of carbonyl (C=O) groups is 1. The van der Waals surface area contributed by atoms with E-state index < -0.39 is 0 Å². The molecular formula is C19H25BrN4O2. The molecule has 0 aliphatic rings. The van der Waals surface area contributed by atoms with Crippen molar-refractivity contribution in [3.8, 4) is 0 Å². The van der Waals surface area contributed by atoms with Gasteiger partial charge in [-0.05, 0) is 47.0 Å². The second-order valence-corrected chi connectivity index (χ2v) is 7.11. The maximum Gasteiger partial charge on any atom is 0.274 e. The molecule has 2 rings (SSSR count). The fourth-order valence-electron chi connectivity index (χ4n) is 2.61. The minimum absolute atomic E-state index is 0.00211. The number of carbonyl (C=O) groups excluding carboxylic acids is 1. The quantitative estimate of drug-likeness (QED) is 0.701. The number of hydrogen-bond acceptors (Lipinski definition) is 4. The van der Waals surface area contributed by atoms with Gasteiger partial charge in [-0.15, -0.1) is 0 Å². The van der Waals surface area contributed by atoms with E-state index in [4.69, 9.17) is 0 Å². The lowest BCUT2D eigenvalue weighted by atomic mass is 10.2. The molecule has 0 spiro atoms. The monoisotopic (exact) mass is 420 g/mol. The third-order valence-corrected chi connectivity index (χ3v) is 4.42. The first-order valence-electron chi connectivity index (χ1n) is 8.84. The van der Waals surface area contributed by atoms with Crippen molar-refractivity contribution in [3.63, 3.8) is 0 Å². The lowest BCUT2D eigenvalue weighted by Gasteiger charge is -2.22. The molecule has 0 aromatic carbocycles. The van der Waals surface area contributed by atoms with Crippen LogP contribution in [0.1, 0.15) is 43.5 Å². The average molecular weight is 421 g/mol. The van der Waals surface area contributed by atoms with E-state index in [0.29, 0.717) is 17.1 Å². The van der Waals surface area contributed by atoms with Crippen molar-refractivity contribution in [3.05, 3.63) is 51.0 Å². The van der Waals surface area contributed by atoms with Crippen LogP contribution in [0, 0.1) is 0 Å². The van der Waals surface area contributed by atoms with Crippen LogP contribution in [-0.2, 0) is 7.05 Å². The van der Waals surface area contributed by atoms with Crippen LogP contribution in [0.15, 0.2) is 39.9 Å². The number of nitrogens with zero attached hydrogens (tertiary/aromatic N) is 3. The molecule has 140 valence electrons. The van der Waals surface area contributed by atoms with E-state index in [9.17, 15) is 9.59 Å². The van der Waals surface area contributed by atoms with Crippen LogP contribution in [0.5, 0.6) is 0 Å². The van der Waals surface area contributed by atoms with Crippen molar-refractivity contribution < 1.29 is 4.79 Å². The van der Waals surface area contributed by atoms with Crippen LogP contribution in [0.25, 0.3) is 0 Å². The first kappa shape index (κ1) is 20.2. The minimum Gasteiger partial charge on any atom is -0.339 e. The van der Waals surface area contributed by atoms with Gasteiger partial charge in [0.1, 0.15) is 11.5 Å². The Labute approximate surface area is 162 Å². The SMILES string of the molecule is CCCCN(CCC)C(=O)c1ccc(Nc2cc(Br)cn(C)c2=O)nc1. The van der Waals surface area contributed by atoms with E-state index in [1.54, 1.807) is 37.6 Å². The number of anilines is 2. The second-order valence-electron chi connectivity index (χ2n) is 6.19. The number of halogens is 1. The molecule has 2 heterocycles. The van der Waals surface area contributed by atoms with Gasteiger partial charge in [0.2, 0.25) is 0 Å². The highest BCUT2D eigenvalue weighted by atomic mass is 79.9. The zero-order valence-corrected chi connectivity index (χ0v) is 17.0. The van der Waals surface area contributed by atoms with Gasteiger partial charge < -0.3 is 14.8 Å². The summed E-state index contributed by atoms with van der Waals surface area (Å²) in [4.78, 5) is 31.0. The van der Waals surface area contributed by atoms with Gasteiger partial charge >= 0.3 is 0 Å². The number of hydrogen-bond donors (Lipinski definition) is 1. The van der Waals surface area contributed by atoms with Crippen LogP contribution >= 0.6 is 15.9 Å². The highest BCUT2D eigenvalue weighted by Gasteiger charge is 2.15. The lowest BCUT2D eigenvalue weighted by molar-refractivity contribution is 0.0753. The number of pyridine rings is 2. The number of unbranched alkanes of at least 4 members (excludes halogenated alkanes) is 1. The van der Waals surface area contributed by atoms with Crippen molar-refractivity contribution in [1.82, 2.24) is 14.5 Å². The Kier molecular flexibility index (Phi) is 7.38.